The molecule has 1 aromatic heterocycles. The van der Waals surface area contributed by atoms with E-state index in [0.29, 0.717) is 5.92 Å². The SMILES string of the molecule is CN=C(NCCc1ncc(C)s1)NCCC(C)c1ccccc1. The number of aliphatic imine (C=N–C) groups is 1. The highest BCUT2D eigenvalue weighted by Gasteiger charge is 2.05. The lowest BCUT2D eigenvalue weighted by Crippen LogP contribution is -2.39. The van der Waals surface area contributed by atoms with Crippen LogP contribution in [0.25, 0.3) is 0 Å². The topological polar surface area (TPSA) is 49.3 Å². The quantitative estimate of drug-likeness (QED) is 0.604. The average molecular weight is 331 g/mol. The van der Waals surface area contributed by atoms with E-state index in [1.165, 1.54) is 15.4 Å². The summed E-state index contributed by atoms with van der Waals surface area (Å²) in [5, 5.41) is 7.90. The Morgan fingerprint density at radius 1 is 1.22 bits per heavy atom. The van der Waals surface area contributed by atoms with Crippen LogP contribution in [-0.4, -0.2) is 31.1 Å². The van der Waals surface area contributed by atoms with Crippen LogP contribution in [0.5, 0.6) is 0 Å². The van der Waals surface area contributed by atoms with Crippen LogP contribution in [0.3, 0.4) is 0 Å². The van der Waals surface area contributed by atoms with Crippen molar-refractivity contribution in [1.82, 2.24) is 15.6 Å². The van der Waals surface area contributed by atoms with Gasteiger partial charge in [0.05, 0.1) is 5.01 Å². The molecule has 0 fully saturated rings. The summed E-state index contributed by atoms with van der Waals surface area (Å²) in [7, 11) is 1.81. The molecule has 2 rings (SSSR count). The normalized spacial score (nSPS) is 12.9. The number of hydrogen-bond donors (Lipinski definition) is 2. The smallest absolute Gasteiger partial charge is 0.190 e. The van der Waals surface area contributed by atoms with E-state index in [0.717, 1.165) is 31.9 Å². The largest absolute Gasteiger partial charge is 0.356 e. The van der Waals surface area contributed by atoms with E-state index >= 15 is 0 Å². The highest BCUT2D eigenvalue weighted by molar-refractivity contribution is 7.11. The summed E-state index contributed by atoms with van der Waals surface area (Å²) in [4.78, 5) is 9.91. The third-order valence-corrected chi connectivity index (χ3v) is 4.74. The maximum atomic E-state index is 4.38. The molecule has 0 aliphatic rings. The maximum Gasteiger partial charge on any atom is 0.190 e. The van der Waals surface area contributed by atoms with Crippen LogP contribution in [0.4, 0.5) is 0 Å². The summed E-state index contributed by atoms with van der Waals surface area (Å²) in [5.41, 5.74) is 1.39. The van der Waals surface area contributed by atoms with Crippen LogP contribution in [0.15, 0.2) is 41.5 Å². The molecule has 0 radical (unpaired) electrons. The first-order valence-electron chi connectivity index (χ1n) is 8.10. The second-order valence-corrected chi connectivity index (χ2v) is 6.96. The second kappa shape index (κ2) is 9.30. The second-order valence-electron chi connectivity index (χ2n) is 5.64. The van der Waals surface area contributed by atoms with Crippen LogP contribution in [0.1, 0.15) is 34.7 Å². The standard InChI is InChI=1S/C18H26N4S/c1-14(16-7-5-4-6-8-16)9-11-20-18(19-3)21-12-10-17-22-13-15(2)23-17/h4-8,13-14H,9-12H2,1-3H3,(H2,19,20,21). The molecule has 124 valence electrons. The zero-order valence-electron chi connectivity index (χ0n) is 14.2. The number of guanidine groups is 1. The molecule has 2 aromatic rings. The van der Waals surface area contributed by atoms with Crippen LogP contribution in [-0.2, 0) is 6.42 Å². The first kappa shape index (κ1) is 17.5. The molecular weight excluding hydrogens is 304 g/mol. The van der Waals surface area contributed by atoms with Gasteiger partial charge in [-0.05, 0) is 24.8 Å². The molecule has 0 aliphatic heterocycles. The van der Waals surface area contributed by atoms with Crippen molar-refractivity contribution in [2.24, 2.45) is 4.99 Å². The summed E-state index contributed by atoms with van der Waals surface area (Å²) in [6, 6.07) is 10.6. The summed E-state index contributed by atoms with van der Waals surface area (Å²) >= 11 is 1.76. The molecule has 23 heavy (non-hydrogen) atoms. The lowest BCUT2D eigenvalue weighted by atomic mass is 9.98. The summed E-state index contributed by atoms with van der Waals surface area (Å²) in [6.07, 6.45) is 3.94. The molecule has 1 heterocycles. The van der Waals surface area contributed by atoms with Gasteiger partial charge in [0.1, 0.15) is 0 Å². The van der Waals surface area contributed by atoms with Crippen LogP contribution in [0, 0.1) is 6.92 Å². The third kappa shape index (κ3) is 6.02. The van der Waals surface area contributed by atoms with E-state index in [-0.39, 0.29) is 0 Å². The van der Waals surface area contributed by atoms with E-state index in [1.807, 2.05) is 13.2 Å². The van der Waals surface area contributed by atoms with Gasteiger partial charge < -0.3 is 10.6 Å². The highest BCUT2D eigenvalue weighted by atomic mass is 32.1. The third-order valence-electron chi connectivity index (χ3n) is 3.76. The van der Waals surface area contributed by atoms with Gasteiger partial charge in [-0.25, -0.2) is 4.98 Å². The van der Waals surface area contributed by atoms with E-state index in [1.54, 1.807) is 11.3 Å². The Labute approximate surface area is 143 Å². The van der Waals surface area contributed by atoms with Gasteiger partial charge in [0, 0.05) is 37.6 Å². The van der Waals surface area contributed by atoms with E-state index in [4.69, 9.17) is 0 Å². The Balaban J connectivity index is 1.67. The van der Waals surface area contributed by atoms with Crippen molar-refractivity contribution in [2.75, 3.05) is 20.1 Å². The predicted octanol–water partition coefficient (Wildman–Crippen LogP) is 3.35. The maximum absolute atomic E-state index is 4.38. The van der Waals surface area contributed by atoms with E-state index in [9.17, 15) is 0 Å². The van der Waals surface area contributed by atoms with Crippen molar-refractivity contribution in [1.29, 1.82) is 0 Å². The molecule has 1 atom stereocenters. The van der Waals surface area contributed by atoms with Gasteiger partial charge in [0.15, 0.2) is 5.96 Å². The number of benzene rings is 1. The Morgan fingerprint density at radius 3 is 2.61 bits per heavy atom. The minimum Gasteiger partial charge on any atom is -0.356 e. The summed E-state index contributed by atoms with van der Waals surface area (Å²) in [5.74, 6) is 1.40. The van der Waals surface area contributed by atoms with Crippen molar-refractivity contribution in [3.63, 3.8) is 0 Å². The fourth-order valence-corrected chi connectivity index (χ4v) is 3.17. The minimum atomic E-state index is 0.542. The van der Waals surface area contributed by atoms with Crippen molar-refractivity contribution in [3.05, 3.63) is 52.0 Å². The zero-order chi connectivity index (χ0) is 16.5. The van der Waals surface area contributed by atoms with Gasteiger partial charge >= 0.3 is 0 Å². The monoisotopic (exact) mass is 330 g/mol. The fourth-order valence-electron chi connectivity index (χ4n) is 2.38. The summed E-state index contributed by atoms with van der Waals surface area (Å²) < 4.78 is 0. The van der Waals surface area contributed by atoms with Crippen molar-refractivity contribution in [3.8, 4) is 0 Å². The number of thiazole rings is 1. The molecule has 0 bridgehead atoms. The predicted molar refractivity (Wildman–Crippen MR) is 99.4 cm³/mol. The fraction of sp³-hybridized carbons (Fsp3) is 0.444. The van der Waals surface area contributed by atoms with Gasteiger partial charge in [0.2, 0.25) is 0 Å². The molecule has 5 heteroatoms. The Bertz CT molecular complexity index is 606. The Kier molecular flexibility index (Phi) is 7.07. The molecule has 0 saturated carbocycles. The number of nitrogens with one attached hydrogen (secondary N) is 2. The first-order valence-corrected chi connectivity index (χ1v) is 8.91. The van der Waals surface area contributed by atoms with Gasteiger partial charge in [-0.15, -0.1) is 11.3 Å². The molecule has 1 aromatic carbocycles. The Hall–Kier alpha value is -1.88. The van der Waals surface area contributed by atoms with Crippen LogP contribution < -0.4 is 10.6 Å². The number of nitrogens with zero attached hydrogens (tertiary/aromatic N) is 2. The summed E-state index contributed by atoms with van der Waals surface area (Å²) in [6.45, 7) is 6.11. The van der Waals surface area contributed by atoms with Gasteiger partial charge in [-0.2, -0.15) is 0 Å². The Morgan fingerprint density at radius 2 is 1.96 bits per heavy atom. The number of rotatable bonds is 7. The van der Waals surface area contributed by atoms with E-state index < -0.39 is 0 Å². The zero-order valence-corrected chi connectivity index (χ0v) is 15.0. The first-order chi connectivity index (χ1) is 11.2. The van der Waals surface area contributed by atoms with Crippen LogP contribution >= 0.6 is 11.3 Å². The molecule has 0 amide bonds. The molecule has 0 spiro atoms. The van der Waals surface area contributed by atoms with Gasteiger partial charge in [-0.1, -0.05) is 37.3 Å². The molecule has 4 nitrogen and oxygen atoms in total. The van der Waals surface area contributed by atoms with Crippen molar-refractivity contribution < 1.29 is 0 Å². The highest BCUT2D eigenvalue weighted by Crippen LogP contribution is 2.17. The van der Waals surface area contributed by atoms with Crippen molar-refractivity contribution >= 4 is 17.3 Å². The number of aryl methyl sites for hydroxylation is 1. The number of aromatic nitrogens is 1. The molecule has 0 aliphatic carbocycles. The van der Waals surface area contributed by atoms with Gasteiger partial charge in [0.25, 0.3) is 0 Å². The lowest BCUT2D eigenvalue weighted by molar-refractivity contribution is 0.651. The molecule has 0 saturated heterocycles. The van der Waals surface area contributed by atoms with E-state index in [2.05, 4.69) is 64.8 Å². The molecule has 2 N–H and O–H groups in total. The molecular formula is C18H26N4S. The lowest BCUT2D eigenvalue weighted by Gasteiger charge is -2.15. The molecule has 1 unspecified atom stereocenters. The van der Waals surface area contributed by atoms with Gasteiger partial charge in [-0.3, -0.25) is 4.99 Å². The average Bonchev–Trinajstić information content (AvgIpc) is 2.99. The van der Waals surface area contributed by atoms with Crippen LogP contribution in [0.2, 0.25) is 0 Å². The minimum absolute atomic E-state index is 0.542. The number of hydrogen-bond acceptors (Lipinski definition) is 3. The van der Waals surface area contributed by atoms with Crippen molar-refractivity contribution in [2.45, 2.75) is 32.6 Å².